The van der Waals surface area contributed by atoms with Gasteiger partial charge in [-0.1, -0.05) is 35.9 Å². The minimum Gasteiger partial charge on any atom is -0.345 e. The van der Waals surface area contributed by atoms with Crippen molar-refractivity contribution in [2.75, 3.05) is 6.54 Å². The maximum Gasteiger partial charge on any atom is 0.270 e. The molecule has 3 aromatic rings. The second kappa shape index (κ2) is 9.21. The number of amides is 1. The minimum absolute atomic E-state index is 0.112. The Bertz CT molecular complexity index is 1050. The van der Waals surface area contributed by atoms with E-state index >= 15 is 0 Å². The number of hydrogen-bond donors (Lipinski definition) is 0. The quantitative estimate of drug-likeness (QED) is 0.301. The molecule has 0 bridgehead atoms. The molecular weight excluding hydrogens is 390 g/mol. The molecule has 0 spiro atoms. The standard InChI is InChI=1S/C22H20ClN3O3/c1-2-11-25(22(27)18-7-4-9-20(14-18)26(28)29)16-21-10-5-12-24(21)15-17-6-3-8-19(23)13-17/h2-10,12-14H,1,11,15-16H2. The van der Waals surface area contributed by atoms with Crippen LogP contribution in [0.1, 0.15) is 21.6 Å². The van der Waals surface area contributed by atoms with Gasteiger partial charge in [0.15, 0.2) is 0 Å². The van der Waals surface area contributed by atoms with Crippen molar-refractivity contribution in [2.45, 2.75) is 13.1 Å². The van der Waals surface area contributed by atoms with Crippen molar-refractivity contribution in [2.24, 2.45) is 0 Å². The number of nitrogens with zero attached hydrogens (tertiary/aromatic N) is 3. The summed E-state index contributed by atoms with van der Waals surface area (Å²) in [7, 11) is 0. The van der Waals surface area contributed by atoms with Gasteiger partial charge in [0, 0.05) is 47.7 Å². The molecule has 1 heterocycles. The van der Waals surface area contributed by atoms with Gasteiger partial charge in [0.25, 0.3) is 11.6 Å². The largest absolute Gasteiger partial charge is 0.345 e. The Morgan fingerprint density at radius 2 is 1.97 bits per heavy atom. The van der Waals surface area contributed by atoms with E-state index in [9.17, 15) is 14.9 Å². The highest BCUT2D eigenvalue weighted by atomic mass is 35.5. The van der Waals surface area contributed by atoms with Crippen LogP contribution in [0.2, 0.25) is 5.02 Å². The summed E-state index contributed by atoms with van der Waals surface area (Å²) in [6.07, 6.45) is 3.58. The monoisotopic (exact) mass is 409 g/mol. The lowest BCUT2D eigenvalue weighted by Gasteiger charge is -2.22. The number of nitro benzene ring substituents is 1. The zero-order valence-corrected chi connectivity index (χ0v) is 16.5. The molecule has 0 N–H and O–H groups in total. The van der Waals surface area contributed by atoms with E-state index in [4.69, 9.17) is 11.6 Å². The summed E-state index contributed by atoms with van der Waals surface area (Å²) in [5.74, 6) is -0.288. The first kappa shape index (κ1) is 20.4. The molecule has 0 saturated heterocycles. The van der Waals surface area contributed by atoms with Gasteiger partial charge in [0.05, 0.1) is 11.5 Å². The van der Waals surface area contributed by atoms with E-state index in [2.05, 4.69) is 6.58 Å². The number of rotatable bonds is 8. The predicted octanol–water partition coefficient (Wildman–Crippen LogP) is 4.93. The number of halogens is 1. The van der Waals surface area contributed by atoms with Crippen molar-refractivity contribution < 1.29 is 9.72 Å². The number of nitro groups is 1. The second-order valence-corrected chi connectivity index (χ2v) is 6.98. The minimum atomic E-state index is -0.509. The van der Waals surface area contributed by atoms with Crippen LogP contribution in [-0.4, -0.2) is 26.8 Å². The molecule has 0 aliphatic carbocycles. The van der Waals surface area contributed by atoms with E-state index in [-0.39, 0.29) is 17.2 Å². The van der Waals surface area contributed by atoms with Crippen molar-refractivity contribution in [3.63, 3.8) is 0 Å². The summed E-state index contributed by atoms with van der Waals surface area (Å²) in [5, 5.41) is 11.7. The van der Waals surface area contributed by atoms with E-state index in [1.165, 1.54) is 18.2 Å². The number of hydrogen-bond acceptors (Lipinski definition) is 3. The first-order valence-electron chi connectivity index (χ1n) is 9.01. The van der Waals surface area contributed by atoms with Gasteiger partial charge in [-0.05, 0) is 35.9 Å². The molecule has 0 aliphatic heterocycles. The van der Waals surface area contributed by atoms with Crippen LogP contribution in [0.25, 0.3) is 0 Å². The van der Waals surface area contributed by atoms with E-state index in [0.717, 1.165) is 11.3 Å². The van der Waals surface area contributed by atoms with Gasteiger partial charge in [-0.15, -0.1) is 6.58 Å². The Balaban J connectivity index is 1.82. The van der Waals surface area contributed by atoms with Crippen molar-refractivity contribution in [1.29, 1.82) is 0 Å². The van der Waals surface area contributed by atoms with Crippen LogP contribution in [0.5, 0.6) is 0 Å². The van der Waals surface area contributed by atoms with E-state index < -0.39 is 4.92 Å². The zero-order chi connectivity index (χ0) is 20.8. The summed E-state index contributed by atoms with van der Waals surface area (Å²) in [6.45, 7) is 5.02. The number of carbonyl (C=O) groups excluding carboxylic acids is 1. The van der Waals surface area contributed by atoms with Crippen molar-refractivity contribution in [1.82, 2.24) is 9.47 Å². The number of non-ortho nitro benzene ring substituents is 1. The molecule has 0 saturated carbocycles. The molecule has 1 aromatic heterocycles. The van der Waals surface area contributed by atoms with E-state index in [0.29, 0.717) is 24.7 Å². The maximum absolute atomic E-state index is 13.0. The van der Waals surface area contributed by atoms with Gasteiger partial charge in [-0.2, -0.15) is 0 Å². The Labute approximate surface area is 173 Å². The Hall–Kier alpha value is -3.38. The van der Waals surface area contributed by atoms with Crippen LogP contribution in [0.15, 0.2) is 79.5 Å². The predicted molar refractivity (Wildman–Crippen MR) is 113 cm³/mol. The highest BCUT2D eigenvalue weighted by molar-refractivity contribution is 6.30. The van der Waals surface area contributed by atoms with Gasteiger partial charge < -0.3 is 9.47 Å². The molecule has 29 heavy (non-hydrogen) atoms. The molecule has 6 nitrogen and oxygen atoms in total. The van der Waals surface area contributed by atoms with Crippen molar-refractivity contribution in [3.05, 3.63) is 111 Å². The average Bonchev–Trinajstić information content (AvgIpc) is 3.14. The fraction of sp³-hybridized carbons (Fsp3) is 0.136. The molecule has 3 rings (SSSR count). The van der Waals surface area contributed by atoms with E-state index in [1.807, 2.05) is 47.2 Å². The summed E-state index contributed by atoms with van der Waals surface area (Å²) >= 11 is 6.07. The molecule has 2 aromatic carbocycles. The molecule has 0 fully saturated rings. The number of benzene rings is 2. The maximum atomic E-state index is 13.0. The number of aromatic nitrogens is 1. The molecule has 1 amide bonds. The van der Waals surface area contributed by atoms with Gasteiger partial charge >= 0.3 is 0 Å². The highest BCUT2D eigenvalue weighted by Gasteiger charge is 2.19. The number of carbonyl (C=O) groups is 1. The van der Waals surface area contributed by atoms with Crippen LogP contribution in [0, 0.1) is 10.1 Å². The third-order valence-electron chi connectivity index (χ3n) is 4.46. The van der Waals surface area contributed by atoms with Gasteiger partial charge in [0.2, 0.25) is 0 Å². The van der Waals surface area contributed by atoms with E-state index in [1.54, 1.807) is 17.0 Å². The van der Waals surface area contributed by atoms with Gasteiger partial charge in [-0.25, -0.2) is 0 Å². The summed E-state index contributed by atoms with van der Waals surface area (Å²) in [6, 6.07) is 17.2. The van der Waals surface area contributed by atoms with Crippen molar-refractivity contribution >= 4 is 23.2 Å². The normalized spacial score (nSPS) is 10.5. The Morgan fingerprint density at radius 1 is 1.17 bits per heavy atom. The molecule has 0 radical (unpaired) electrons. The second-order valence-electron chi connectivity index (χ2n) is 6.54. The lowest BCUT2D eigenvalue weighted by atomic mass is 10.1. The lowest BCUT2D eigenvalue weighted by molar-refractivity contribution is -0.384. The molecule has 0 atom stereocenters. The zero-order valence-electron chi connectivity index (χ0n) is 15.7. The topological polar surface area (TPSA) is 68.4 Å². The smallest absolute Gasteiger partial charge is 0.270 e. The fourth-order valence-electron chi connectivity index (χ4n) is 3.08. The van der Waals surface area contributed by atoms with Crippen LogP contribution in [0.4, 0.5) is 5.69 Å². The van der Waals surface area contributed by atoms with Crippen LogP contribution in [-0.2, 0) is 13.1 Å². The average molecular weight is 410 g/mol. The first-order valence-corrected chi connectivity index (χ1v) is 9.39. The summed E-state index contributed by atoms with van der Waals surface area (Å²) < 4.78 is 2.04. The van der Waals surface area contributed by atoms with Crippen LogP contribution >= 0.6 is 11.6 Å². The Morgan fingerprint density at radius 3 is 2.69 bits per heavy atom. The van der Waals surface area contributed by atoms with Gasteiger partial charge in [-0.3, -0.25) is 14.9 Å². The molecule has 0 unspecified atom stereocenters. The molecule has 0 aliphatic rings. The van der Waals surface area contributed by atoms with Crippen molar-refractivity contribution in [3.8, 4) is 0 Å². The summed E-state index contributed by atoms with van der Waals surface area (Å²) in [4.78, 5) is 25.1. The molecular formula is C22H20ClN3O3. The highest BCUT2D eigenvalue weighted by Crippen LogP contribution is 2.18. The van der Waals surface area contributed by atoms with Crippen LogP contribution < -0.4 is 0 Å². The summed E-state index contributed by atoms with van der Waals surface area (Å²) in [5.41, 5.74) is 2.15. The third kappa shape index (κ3) is 5.12. The fourth-order valence-corrected chi connectivity index (χ4v) is 3.30. The Kier molecular flexibility index (Phi) is 6.46. The molecule has 7 heteroatoms. The van der Waals surface area contributed by atoms with Crippen LogP contribution in [0.3, 0.4) is 0 Å². The SMILES string of the molecule is C=CCN(Cc1cccn1Cc1cccc(Cl)c1)C(=O)c1cccc([N+](=O)[O-])c1. The first-order chi connectivity index (χ1) is 14.0. The lowest BCUT2D eigenvalue weighted by Crippen LogP contribution is -2.31. The molecule has 148 valence electrons. The van der Waals surface area contributed by atoms with Gasteiger partial charge in [0.1, 0.15) is 0 Å². The third-order valence-corrected chi connectivity index (χ3v) is 4.69.